The molecule has 0 spiro atoms. The molecule has 2 amide bonds. The Hall–Kier alpha value is -2.37. The maximum Gasteiger partial charge on any atom is 0.326 e. The number of amides is 2. The normalized spacial score (nSPS) is 14.4. The van der Waals surface area contributed by atoms with Gasteiger partial charge in [0.15, 0.2) is 0 Å². The number of carboxylic acids is 1. The fourth-order valence-corrected chi connectivity index (χ4v) is 2.32. The van der Waals surface area contributed by atoms with Gasteiger partial charge in [-0.1, -0.05) is 6.92 Å². The average molecular weight is 276 g/mol. The van der Waals surface area contributed by atoms with E-state index in [0.717, 1.165) is 5.56 Å². The van der Waals surface area contributed by atoms with E-state index in [1.165, 1.54) is 11.9 Å². The first-order valence-corrected chi connectivity index (χ1v) is 6.36. The van der Waals surface area contributed by atoms with Crippen molar-refractivity contribution in [2.45, 2.75) is 25.8 Å². The first-order valence-electron chi connectivity index (χ1n) is 6.36. The number of anilines is 1. The molecule has 1 atom stereocenters. The number of benzene rings is 1. The molecule has 1 unspecified atom stereocenters. The van der Waals surface area contributed by atoms with Gasteiger partial charge in [0.05, 0.1) is 6.42 Å². The third kappa shape index (κ3) is 2.49. The van der Waals surface area contributed by atoms with Crippen LogP contribution < -0.4 is 5.32 Å². The number of likely N-dealkylation sites (N-methyl/N-ethyl adjacent to an activating group) is 1. The number of aliphatic carboxylic acids is 1. The van der Waals surface area contributed by atoms with Crippen LogP contribution in [0, 0.1) is 0 Å². The van der Waals surface area contributed by atoms with Crippen LogP contribution in [-0.2, 0) is 16.0 Å². The van der Waals surface area contributed by atoms with Crippen molar-refractivity contribution in [1.82, 2.24) is 4.90 Å². The van der Waals surface area contributed by atoms with Crippen LogP contribution in [-0.4, -0.2) is 40.9 Å². The topological polar surface area (TPSA) is 86.7 Å². The Labute approximate surface area is 116 Å². The molecule has 1 aromatic carbocycles. The number of hydrogen-bond donors (Lipinski definition) is 2. The molecule has 106 valence electrons. The van der Waals surface area contributed by atoms with Crippen LogP contribution >= 0.6 is 0 Å². The Morgan fingerprint density at radius 1 is 1.45 bits per heavy atom. The van der Waals surface area contributed by atoms with Crippen LogP contribution in [0.5, 0.6) is 0 Å². The summed E-state index contributed by atoms with van der Waals surface area (Å²) < 4.78 is 0. The zero-order chi connectivity index (χ0) is 14.9. The van der Waals surface area contributed by atoms with Gasteiger partial charge >= 0.3 is 5.97 Å². The Kier molecular flexibility index (Phi) is 3.74. The monoisotopic (exact) mass is 276 g/mol. The van der Waals surface area contributed by atoms with Gasteiger partial charge in [-0.15, -0.1) is 0 Å². The lowest BCUT2D eigenvalue weighted by Gasteiger charge is -2.24. The summed E-state index contributed by atoms with van der Waals surface area (Å²) in [5.74, 6) is -1.49. The summed E-state index contributed by atoms with van der Waals surface area (Å²) in [6.45, 7) is 1.72. The van der Waals surface area contributed by atoms with Gasteiger partial charge in [0, 0.05) is 18.3 Å². The van der Waals surface area contributed by atoms with E-state index in [1.807, 2.05) is 0 Å². The lowest BCUT2D eigenvalue weighted by atomic mass is 10.1. The first kappa shape index (κ1) is 14.0. The summed E-state index contributed by atoms with van der Waals surface area (Å²) in [7, 11) is 1.47. The van der Waals surface area contributed by atoms with Gasteiger partial charge in [-0.3, -0.25) is 9.59 Å². The smallest absolute Gasteiger partial charge is 0.326 e. The largest absolute Gasteiger partial charge is 0.480 e. The van der Waals surface area contributed by atoms with Gasteiger partial charge < -0.3 is 15.3 Å². The first-order chi connectivity index (χ1) is 9.43. The van der Waals surface area contributed by atoms with E-state index in [4.69, 9.17) is 5.11 Å². The predicted molar refractivity (Wildman–Crippen MR) is 72.6 cm³/mol. The lowest BCUT2D eigenvalue weighted by molar-refractivity contribution is -0.142. The predicted octanol–water partition coefficient (Wildman–Crippen LogP) is 1.12. The Morgan fingerprint density at radius 2 is 2.15 bits per heavy atom. The maximum atomic E-state index is 12.3. The summed E-state index contributed by atoms with van der Waals surface area (Å²) >= 11 is 0. The summed E-state index contributed by atoms with van der Waals surface area (Å²) in [4.78, 5) is 35.9. The Bertz CT molecular complexity index is 583. The molecule has 1 aliphatic rings. The van der Waals surface area contributed by atoms with Gasteiger partial charge in [-0.25, -0.2) is 4.79 Å². The van der Waals surface area contributed by atoms with Crippen molar-refractivity contribution in [2.24, 2.45) is 0 Å². The van der Waals surface area contributed by atoms with Gasteiger partial charge in [0.1, 0.15) is 6.04 Å². The summed E-state index contributed by atoms with van der Waals surface area (Å²) in [5.41, 5.74) is 1.86. The highest BCUT2D eigenvalue weighted by atomic mass is 16.4. The molecule has 2 rings (SSSR count). The second-order valence-electron chi connectivity index (χ2n) is 4.78. The third-order valence-corrected chi connectivity index (χ3v) is 3.44. The van der Waals surface area contributed by atoms with E-state index in [9.17, 15) is 14.4 Å². The SMILES string of the molecule is CCC(C(=O)O)N(C)C(=O)c1ccc2c(c1)CC(=O)N2. The molecule has 0 bridgehead atoms. The number of carbonyl (C=O) groups excluding carboxylic acids is 2. The lowest BCUT2D eigenvalue weighted by Crippen LogP contribution is -2.41. The minimum atomic E-state index is -1.03. The van der Waals surface area contributed by atoms with Crippen molar-refractivity contribution < 1.29 is 19.5 Å². The average Bonchev–Trinajstić information content (AvgIpc) is 2.76. The van der Waals surface area contributed by atoms with E-state index < -0.39 is 12.0 Å². The Morgan fingerprint density at radius 3 is 2.75 bits per heavy atom. The molecule has 1 heterocycles. The molecule has 0 aliphatic carbocycles. The van der Waals surface area contributed by atoms with Crippen molar-refractivity contribution in [3.8, 4) is 0 Å². The third-order valence-electron chi connectivity index (χ3n) is 3.44. The van der Waals surface area contributed by atoms with Gasteiger partial charge in [-0.05, 0) is 30.2 Å². The number of fused-ring (bicyclic) bond motifs is 1. The standard InChI is InChI=1S/C14H16N2O4/c1-3-11(14(19)20)16(2)13(18)8-4-5-10-9(6-8)7-12(17)15-10/h4-6,11H,3,7H2,1-2H3,(H,15,17)(H,19,20). The molecule has 0 saturated heterocycles. The molecular weight excluding hydrogens is 260 g/mol. The van der Waals surface area contributed by atoms with Crippen LogP contribution in [0.15, 0.2) is 18.2 Å². The summed E-state index contributed by atoms with van der Waals surface area (Å²) in [5, 5.41) is 11.8. The van der Waals surface area contributed by atoms with Crippen LogP contribution in [0.2, 0.25) is 0 Å². The zero-order valence-corrected chi connectivity index (χ0v) is 11.3. The second-order valence-corrected chi connectivity index (χ2v) is 4.78. The highest BCUT2D eigenvalue weighted by molar-refractivity contribution is 6.02. The number of rotatable bonds is 4. The van der Waals surface area contributed by atoms with Crippen molar-refractivity contribution in [3.05, 3.63) is 29.3 Å². The quantitative estimate of drug-likeness (QED) is 0.862. The fourth-order valence-electron chi connectivity index (χ4n) is 2.32. The molecular formula is C14H16N2O4. The minimum Gasteiger partial charge on any atom is -0.480 e. The molecule has 1 aliphatic heterocycles. The molecule has 6 heteroatoms. The van der Waals surface area contributed by atoms with Crippen molar-refractivity contribution in [2.75, 3.05) is 12.4 Å². The molecule has 20 heavy (non-hydrogen) atoms. The maximum absolute atomic E-state index is 12.3. The van der Waals surface area contributed by atoms with E-state index in [2.05, 4.69) is 5.32 Å². The molecule has 0 fully saturated rings. The van der Waals surface area contributed by atoms with Crippen molar-refractivity contribution >= 4 is 23.5 Å². The highest BCUT2D eigenvalue weighted by Gasteiger charge is 2.26. The molecule has 0 aromatic heterocycles. The number of nitrogens with zero attached hydrogens (tertiary/aromatic N) is 1. The molecule has 0 radical (unpaired) electrons. The number of nitrogens with one attached hydrogen (secondary N) is 1. The van der Waals surface area contributed by atoms with Gasteiger partial charge in [0.2, 0.25) is 5.91 Å². The molecule has 6 nitrogen and oxygen atoms in total. The molecule has 0 saturated carbocycles. The number of carboxylic acid groups (broad SMARTS) is 1. The fraction of sp³-hybridized carbons (Fsp3) is 0.357. The van der Waals surface area contributed by atoms with Crippen LogP contribution in [0.25, 0.3) is 0 Å². The number of carbonyl (C=O) groups is 3. The molecule has 1 aromatic rings. The van der Waals surface area contributed by atoms with Gasteiger partial charge in [0.25, 0.3) is 5.91 Å². The van der Waals surface area contributed by atoms with Crippen LogP contribution in [0.3, 0.4) is 0 Å². The van der Waals surface area contributed by atoms with Crippen LogP contribution in [0.1, 0.15) is 29.3 Å². The highest BCUT2D eigenvalue weighted by Crippen LogP contribution is 2.24. The van der Waals surface area contributed by atoms with E-state index in [0.29, 0.717) is 17.7 Å². The Balaban J connectivity index is 2.24. The van der Waals surface area contributed by atoms with E-state index in [-0.39, 0.29) is 18.2 Å². The van der Waals surface area contributed by atoms with Gasteiger partial charge in [-0.2, -0.15) is 0 Å². The van der Waals surface area contributed by atoms with Crippen molar-refractivity contribution in [1.29, 1.82) is 0 Å². The van der Waals surface area contributed by atoms with E-state index in [1.54, 1.807) is 25.1 Å². The zero-order valence-electron chi connectivity index (χ0n) is 11.3. The minimum absolute atomic E-state index is 0.102. The van der Waals surface area contributed by atoms with Crippen LogP contribution in [0.4, 0.5) is 5.69 Å². The van der Waals surface area contributed by atoms with E-state index >= 15 is 0 Å². The number of hydrogen-bond acceptors (Lipinski definition) is 3. The molecule has 2 N–H and O–H groups in total. The van der Waals surface area contributed by atoms with Crippen molar-refractivity contribution in [3.63, 3.8) is 0 Å². The second kappa shape index (κ2) is 5.32. The summed E-state index contributed by atoms with van der Waals surface area (Å²) in [6.07, 6.45) is 0.582. The summed E-state index contributed by atoms with van der Waals surface area (Å²) in [6, 6.07) is 4.05.